The lowest BCUT2D eigenvalue weighted by Crippen LogP contribution is -1.96. The van der Waals surface area contributed by atoms with Gasteiger partial charge < -0.3 is 10.8 Å². The van der Waals surface area contributed by atoms with Crippen LogP contribution in [0, 0.1) is 10.8 Å². The van der Waals surface area contributed by atoms with E-state index >= 15 is 0 Å². The Morgan fingerprint density at radius 1 is 1.40 bits per heavy atom. The molecule has 0 aromatic heterocycles. The van der Waals surface area contributed by atoms with Crippen LogP contribution < -0.4 is 0 Å². The van der Waals surface area contributed by atoms with E-state index in [-0.39, 0.29) is 5.71 Å². The van der Waals surface area contributed by atoms with Gasteiger partial charge in [0, 0.05) is 0 Å². The van der Waals surface area contributed by atoms with Gasteiger partial charge in [-0.1, -0.05) is 0 Å². The van der Waals surface area contributed by atoms with E-state index in [2.05, 4.69) is 0 Å². The molecule has 3 nitrogen and oxygen atoms in total. The first-order valence-corrected chi connectivity index (χ1v) is 3.32. The van der Waals surface area contributed by atoms with Crippen molar-refractivity contribution < 1.29 is 4.79 Å². The molecule has 0 atom stereocenters. The van der Waals surface area contributed by atoms with Gasteiger partial charge in [-0.15, -0.1) is 0 Å². The Bertz CT molecular complexity index is 132. The minimum Gasteiger partial charge on any atom is -0.313 e. The van der Waals surface area contributed by atoms with Crippen LogP contribution >= 0.6 is 0 Å². The maximum atomic E-state index is 9.90. The second kappa shape index (κ2) is 6.13. The van der Waals surface area contributed by atoms with Crippen LogP contribution in [0.5, 0.6) is 0 Å². The molecule has 0 fully saturated rings. The summed E-state index contributed by atoms with van der Waals surface area (Å²) in [6.45, 7) is 0. The topological polar surface area (TPSA) is 64.8 Å². The van der Waals surface area contributed by atoms with Crippen molar-refractivity contribution >= 4 is 18.2 Å². The van der Waals surface area contributed by atoms with Gasteiger partial charge in [0.2, 0.25) is 0 Å². The van der Waals surface area contributed by atoms with Crippen molar-refractivity contribution in [1.82, 2.24) is 0 Å². The number of carbonyl (C=O) groups is 1. The summed E-state index contributed by atoms with van der Waals surface area (Å²) in [5.41, 5.74) is 0.157. The molecule has 3 heteroatoms. The fourth-order valence-corrected chi connectivity index (χ4v) is 0.621. The quantitative estimate of drug-likeness (QED) is 0.327. The van der Waals surface area contributed by atoms with Gasteiger partial charge in [-0.25, -0.2) is 0 Å². The van der Waals surface area contributed by atoms with E-state index in [1.807, 2.05) is 0 Å². The monoisotopic (exact) mass is 140 g/mol. The number of aldehydes is 1. The summed E-state index contributed by atoms with van der Waals surface area (Å²) >= 11 is 0. The Hall–Kier alpha value is -0.990. The van der Waals surface area contributed by atoms with Gasteiger partial charge >= 0.3 is 0 Å². The van der Waals surface area contributed by atoms with Crippen molar-refractivity contribution in [3.63, 3.8) is 0 Å². The van der Waals surface area contributed by atoms with E-state index in [0.29, 0.717) is 12.7 Å². The molecule has 10 heavy (non-hydrogen) atoms. The van der Waals surface area contributed by atoms with Crippen LogP contribution in [0.3, 0.4) is 0 Å². The SMILES string of the molecule is N=CCCCCC(=N)C=O. The highest BCUT2D eigenvalue weighted by molar-refractivity contribution is 6.26. The standard InChI is InChI=1S/C7H12N2O/c8-5-3-1-2-4-7(9)6-10/h5-6,8-9H,1-4H2. The summed E-state index contributed by atoms with van der Waals surface area (Å²) in [7, 11) is 0. The van der Waals surface area contributed by atoms with Crippen LogP contribution in [-0.4, -0.2) is 18.2 Å². The molecule has 0 spiro atoms. The molecule has 0 saturated heterocycles. The van der Waals surface area contributed by atoms with E-state index in [4.69, 9.17) is 10.8 Å². The van der Waals surface area contributed by atoms with Crippen LogP contribution in [0.25, 0.3) is 0 Å². The predicted octanol–water partition coefficient (Wildman–Crippen LogP) is 1.42. The average molecular weight is 140 g/mol. The zero-order chi connectivity index (χ0) is 7.82. The van der Waals surface area contributed by atoms with Gasteiger partial charge in [0.05, 0.1) is 5.71 Å². The molecule has 0 unspecified atom stereocenters. The highest BCUT2D eigenvalue weighted by atomic mass is 16.1. The van der Waals surface area contributed by atoms with E-state index in [1.165, 1.54) is 6.21 Å². The first-order valence-electron chi connectivity index (χ1n) is 3.32. The Morgan fingerprint density at radius 2 is 2.10 bits per heavy atom. The van der Waals surface area contributed by atoms with Crippen LogP contribution in [0.1, 0.15) is 25.7 Å². The molecule has 0 bridgehead atoms. The zero-order valence-corrected chi connectivity index (χ0v) is 5.89. The molecular formula is C7H12N2O. The van der Waals surface area contributed by atoms with Crippen molar-refractivity contribution in [3.8, 4) is 0 Å². The zero-order valence-electron chi connectivity index (χ0n) is 5.89. The van der Waals surface area contributed by atoms with Gasteiger partial charge in [0.15, 0.2) is 6.29 Å². The van der Waals surface area contributed by atoms with Crippen LogP contribution in [-0.2, 0) is 4.79 Å². The third-order valence-corrected chi connectivity index (χ3v) is 1.19. The molecule has 0 amide bonds. The Morgan fingerprint density at radius 3 is 2.60 bits per heavy atom. The average Bonchev–Trinajstić information content (AvgIpc) is 1.98. The van der Waals surface area contributed by atoms with Crippen molar-refractivity contribution in [2.24, 2.45) is 0 Å². The molecule has 0 saturated carbocycles. The molecule has 2 N–H and O–H groups in total. The minimum absolute atomic E-state index is 0.157. The molecule has 0 rings (SSSR count). The highest BCUT2D eigenvalue weighted by Crippen LogP contribution is 1.97. The first-order chi connectivity index (χ1) is 4.81. The van der Waals surface area contributed by atoms with E-state index in [0.717, 1.165) is 19.3 Å². The third kappa shape index (κ3) is 5.15. The van der Waals surface area contributed by atoms with Crippen molar-refractivity contribution in [2.75, 3.05) is 0 Å². The second-order valence-corrected chi connectivity index (χ2v) is 2.09. The molecule has 0 aromatic carbocycles. The van der Waals surface area contributed by atoms with Crippen LogP contribution in [0.2, 0.25) is 0 Å². The van der Waals surface area contributed by atoms with Crippen molar-refractivity contribution in [2.45, 2.75) is 25.7 Å². The normalized spacial score (nSPS) is 8.80. The number of nitrogens with one attached hydrogen (secondary N) is 2. The summed E-state index contributed by atoms with van der Waals surface area (Å²) in [5.74, 6) is 0. The minimum atomic E-state index is 0.157. The maximum absolute atomic E-state index is 9.90. The van der Waals surface area contributed by atoms with Gasteiger partial charge in [0.1, 0.15) is 0 Å². The largest absolute Gasteiger partial charge is 0.313 e. The smallest absolute Gasteiger partial charge is 0.163 e. The number of hydrogen-bond donors (Lipinski definition) is 2. The van der Waals surface area contributed by atoms with Crippen molar-refractivity contribution in [1.29, 1.82) is 10.8 Å². The first kappa shape index (κ1) is 9.01. The molecule has 0 heterocycles. The lowest BCUT2D eigenvalue weighted by molar-refractivity contribution is -0.102. The molecule has 0 aliphatic heterocycles. The Balaban J connectivity index is 3.11. The highest BCUT2D eigenvalue weighted by Gasteiger charge is 1.92. The summed E-state index contributed by atoms with van der Waals surface area (Å²) in [5, 5.41) is 13.6. The fourth-order valence-electron chi connectivity index (χ4n) is 0.621. The lowest BCUT2D eigenvalue weighted by atomic mass is 10.1. The van der Waals surface area contributed by atoms with Crippen LogP contribution in [0.15, 0.2) is 0 Å². The van der Waals surface area contributed by atoms with E-state index in [9.17, 15) is 4.79 Å². The number of carbonyl (C=O) groups excluding carboxylic acids is 1. The molecule has 0 radical (unpaired) electrons. The van der Waals surface area contributed by atoms with Crippen LogP contribution in [0.4, 0.5) is 0 Å². The molecular weight excluding hydrogens is 128 g/mol. The van der Waals surface area contributed by atoms with E-state index in [1.54, 1.807) is 0 Å². The molecule has 0 aromatic rings. The van der Waals surface area contributed by atoms with Crippen molar-refractivity contribution in [3.05, 3.63) is 0 Å². The van der Waals surface area contributed by atoms with E-state index < -0.39 is 0 Å². The summed E-state index contributed by atoms with van der Waals surface area (Å²) in [6, 6.07) is 0. The summed E-state index contributed by atoms with van der Waals surface area (Å²) in [4.78, 5) is 9.90. The molecule has 56 valence electrons. The second-order valence-electron chi connectivity index (χ2n) is 2.09. The van der Waals surface area contributed by atoms with Gasteiger partial charge in [0.25, 0.3) is 0 Å². The summed E-state index contributed by atoms with van der Waals surface area (Å²) in [6.07, 6.45) is 4.98. The lowest BCUT2D eigenvalue weighted by Gasteiger charge is -1.92. The Labute approximate surface area is 60.5 Å². The fraction of sp³-hybridized carbons (Fsp3) is 0.571. The van der Waals surface area contributed by atoms with Gasteiger partial charge in [-0.05, 0) is 31.9 Å². The molecule has 0 aliphatic rings. The summed E-state index contributed by atoms with van der Waals surface area (Å²) < 4.78 is 0. The van der Waals surface area contributed by atoms with Gasteiger partial charge in [-0.3, -0.25) is 4.79 Å². The predicted molar refractivity (Wildman–Crippen MR) is 41.0 cm³/mol. The molecule has 0 aliphatic carbocycles. The Kier molecular flexibility index (Phi) is 5.53. The third-order valence-electron chi connectivity index (χ3n) is 1.19. The number of rotatable bonds is 6. The maximum Gasteiger partial charge on any atom is 0.163 e. The number of hydrogen-bond acceptors (Lipinski definition) is 3. The van der Waals surface area contributed by atoms with Gasteiger partial charge in [-0.2, -0.15) is 0 Å². The number of unbranched alkanes of at least 4 members (excludes halogenated alkanes) is 2.